The molecule has 6 heteroatoms. The first kappa shape index (κ1) is 15.8. The molecule has 0 aliphatic carbocycles. The zero-order valence-electron chi connectivity index (χ0n) is 13.8. The largest absolute Gasteiger partial charge is 0.486 e. The van der Waals surface area contributed by atoms with Gasteiger partial charge in [0.05, 0.1) is 19.3 Å². The second-order valence-corrected chi connectivity index (χ2v) is 6.03. The van der Waals surface area contributed by atoms with Gasteiger partial charge in [0, 0.05) is 12.1 Å². The van der Waals surface area contributed by atoms with Gasteiger partial charge in [0.1, 0.15) is 13.2 Å². The fourth-order valence-electron chi connectivity index (χ4n) is 3.16. The van der Waals surface area contributed by atoms with E-state index in [2.05, 4.69) is 10.6 Å². The van der Waals surface area contributed by atoms with Crippen LogP contribution in [0.15, 0.2) is 42.5 Å². The summed E-state index contributed by atoms with van der Waals surface area (Å²) in [4.78, 5) is 12.3. The number of carbonyl (C=O) groups is 1. The van der Waals surface area contributed by atoms with Gasteiger partial charge in [-0.1, -0.05) is 36.4 Å². The summed E-state index contributed by atoms with van der Waals surface area (Å²) < 4.78 is 16.8. The van der Waals surface area contributed by atoms with Crippen LogP contribution in [0.2, 0.25) is 0 Å². The normalized spacial score (nSPS) is 18.2. The lowest BCUT2D eigenvalue weighted by Crippen LogP contribution is -2.40. The summed E-state index contributed by atoms with van der Waals surface area (Å²) in [5.41, 5.74) is 3.12. The van der Waals surface area contributed by atoms with Crippen LogP contribution < -0.4 is 20.1 Å². The monoisotopic (exact) mass is 340 g/mol. The molecule has 0 bridgehead atoms. The Bertz CT molecular complexity index is 778. The van der Waals surface area contributed by atoms with Gasteiger partial charge in [-0.15, -0.1) is 0 Å². The summed E-state index contributed by atoms with van der Waals surface area (Å²) in [7, 11) is 0. The highest BCUT2D eigenvalue weighted by Gasteiger charge is 2.22. The van der Waals surface area contributed by atoms with Gasteiger partial charge in [-0.2, -0.15) is 0 Å². The first-order valence-electron chi connectivity index (χ1n) is 8.38. The van der Waals surface area contributed by atoms with E-state index >= 15 is 0 Å². The van der Waals surface area contributed by atoms with Crippen molar-refractivity contribution in [3.8, 4) is 11.5 Å². The second-order valence-electron chi connectivity index (χ2n) is 6.03. The summed E-state index contributed by atoms with van der Waals surface area (Å²) in [6.07, 6.45) is 0. The summed E-state index contributed by atoms with van der Waals surface area (Å²) in [6.45, 7) is 2.50. The van der Waals surface area contributed by atoms with Gasteiger partial charge in [0.2, 0.25) is 0 Å². The van der Waals surface area contributed by atoms with E-state index in [0.29, 0.717) is 38.7 Å². The first-order chi connectivity index (χ1) is 12.3. The van der Waals surface area contributed by atoms with Gasteiger partial charge >= 0.3 is 6.03 Å². The van der Waals surface area contributed by atoms with Crippen molar-refractivity contribution >= 4 is 6.03 Å². The van der Waals surface area contributed by atoms with Crippen LogP contribution in [0.3, 0.4) is 0 Å². The molecule has 2 N–H and O–H groups in total. The maximum absolute atomic E-state index is 12.3. The molecule has 0 saturated carbocycles. The third-order valence-electron chi connectivity index (χ3n) is 4.37. The lowest BCUT2D eigenvalue weighted by atomic mass is 9.99. The van der Waals surface area contributed by atoms with Crippen LogP contribution in [-0.4, -0.2) is 25.9 Å². The number of ether oxygens (including phenoxy) is 3. The molecule has 130 valence electrons. The topological polar surface area (TPSA) is 68.8 Å². The van der Waals surface area contributed by atoms with Crippen molar-refractivity contribution in [2.24, 2.45) is 0 Å². The van der Waals surface area contributed by atoms with Gasteiger partial charge in [-0.3, -0.25) is 0 Å². The van der Waals surface area contributed by atoms with Crippen LogP contribution >= 0.6 is 0 Å². The van der Waals surface area contributed by atoms with Crippen LogP contribution in [-0.2, 0) is 17.9 Å². The van der Waals surface area contributed by atoms with Gasteiger partial charge in [0.25, 0.3) is 0 Å². The maximum Gasteiger partial charge on any atom is 0.315 e. The molecule has 1 unspecified atom stereocenters. The molecule has 6 nitrogen and oxygen atoms in total. The molecule has 0 fully saturated rings. The standard InChI is InChI=1S/C19H20N2O4/c22-19(21-16-12-23-11-14-4-1-2-6-15(14)16)20-10-13-5-3-7-17-18(13)25-9-8-24-17/h1-7,16H,8-12H2,(H2,20,21,22). The first-order valence-corrected chi connectivity index (χ1v) is 8.38. The molecule has 4 rings (SSSR count). The number of urea groups is 1. The molecule has 25 heavy (non-hydrogen) atoms. The predicted octanol–water partition coefficient (Wildman–Crippen LogP) is 2.53. The zero-order chi connectivity index (χ0) is 17.1. The third kappa shape index (κ3) is 3.39. The van der Waals surface area contributed by atoms with E-state index < -0.39 is 0 Å². The van der Waals surface area contributed by atoms with E-state index in [1.54, 1.807) is 0 Å². The number of hydrogen-bond donors (Lipinski definition) is 2. The van der Waals surface area contributed by atoms with E-state index in [1.165, 1.54) is 0 Å². The molecule has 2 aliphatic rings. The molecule has 0 spiro atoms. The number of carbonyl (C=O) groups excluding carboxylic acids is 1. The van der Waals surface area contributed by atoms with Crippen LogP contribution in [0.5, 0.6) is 11.5 Å². The van der Waals surface area contributed by atoms with E-state index in [0.717, 1.165) is 22.4 Å². The van der Waals surface area contributed by atoms with E-state index in [1.807, 2.05) is 42.5 Å². The lowest BCUT2D eigenvalue weighted by Gasteiger charge is -2.26. The molecule has 2 amide bonds. The van der Waals surface area contributed by atoms with Crippen LogP contribution in [0.1, 0.15) is 22.7 Å². The van der Waals surface area contributed by atoms with Crippen LogP contribution in [0.4, 0.5) is 4.79 Å². The zero-order valence-corrected chi connectivity index (χ0v) is 13.8. The summed E-state index contributed by atoms with van der Waals surface area (Å²) in [6, 6.07) is 13.3. The Morgan fingerprint density at radius 2 is 1.96 bits per heavy atom. The lowest BCUT2D eigenvalue weighted by molar-refractivity contribution is 0.0843. The molecule has 0 saturated heterocycles. The molecular weight excluding hydrogens is 320 g/mol. The average Bonchev–Trinajstić information content (AvgIpc) is 2.66. The molecule has 2 heterocycles. The SMILES string of the molecule is O=C(NCc1cccc2c1OCCO2)NC1COCc2ccccc21. The highest BCUT2D eigenvalue weighted by Crippen LogP contribution is 2.33. The Labute approximate surface area is 146 Å². The van der Waals surface area contributed by atoms with Crippen molar-refractivity contribution in [2.45, 2.75) is 19.2 Å². The van der Waals surface area contributed by atoms with Crippen molar-refractivity contribution in [2.75, 3.05) is 19.8 Å². The number of fused-ring (bicyclic) bond motifs is 2. The van der Waals surface area contributed by atoms with Crippen LogP contribution in [0.25, 0.3) is 0 Å². The molecule has 1 atom stereocenters. The van der Waals surface area contributed by atoms with Crippen molar-refractivity contribution in [3.05, 3.63) is 59.2 Å². The quantitative estimate of drug-likeness (QED) is 0.901. The highest BCUT2D eigenvalue weighted by atomic mass is 16.6. The molecule has 2 aromatic rings. The van der Waals surface area contributed by atoms with Gasteiger partial charge in [-0.05, 0) is 17.2 Å². The summed E-state index contributed by atoms with van der Waals surface area (Å²) in [5.74, 6) is 1.43. The van der Waals surface area contributed by atoms with Gasteiger partial charge in [-0.25, -0.2) is 4.79 Å². The van der Waals surface area contributed by atoms with Gasteiger partial charge in [0.15, 0.2) is 11.5 Å². The van der Waals surface area contributed by atoms with Crippen molar-refractivity contribution < 1.29 is 19.0 Å². The molecular formula is C19H20N2O4. The minimum absolute atomic E-state index is 0.144. The summed E-state index contributed by atoms with van der Waals surface area (Å²) in [5, 5.41) is 5.86. The number of para-hydroxylation sites is 1. The Hall–Kier alpha value is -2.73. The Morgan fingerprint density at radius 1 is 1.08 bits per heavy atom. The number of nitrogens with one attached hydrogen (secondary N) is 2. The van der Waals surface area contributed by atoms with Crippen LogP contribution in [0, 0.1) is 0 Å². The Balaban J connectivity index is 1.39. The smallest absolute Gasteiger partial charge is 0.315 e. The average molecular weight is 340 g/mol. The number of benzene rings is 2. The maximum atomic E-state index is 12.3. The summed E-state index contributed by atoms with van der Waals surface area (Å²) >= 11 is 0. The minimum atomic E-state index is -0.236. The van der Waals surface area contributed by atoms with Crippen molar-refractivity contribution in [1.29, 1.82) is 0 Å². The van der Waals surface area contributed by atoms with Crippen molar-refractivity contribution in [1.82, 2.24) is 10.6 Å². The van der Waals surface area contributed by atoms with E-state index in [9.17, 15) is 4.79 Å². The predicted molar refractivity (Wildman–Crippen MR) is 91.6 cm³/mol. The molecule has 2 aliphatic heterocycles. The third-order valence-corrected chi connectivity index (χ3v) is 4.37. The Kier molecular flexibility index (Phi) is 4.43. The fraction of sp³-hybridized carbons (Fsp3) is 0.316. The van der Waals surface area contributed by atoms with Gasteiger partial charge < -0.3 is 24.8 Å². The highest BCUT2D eigenvalue weighted by molar-refractivity contribution is 5.74. The molecule has 0 aromatic heterocycles. The molecule has 0 radical (unpaired) electrons. The second kappa shape index (κ2) is 7.03. The van der Waals surface area contributed by atoms with Crippen molar-refractivity contribution in [3.63, 3.8) is 0 Å². The number of hydrogen-bond acceptors (Lipinski definition) is 4. The minimum Gasteiger partial charge on any atom is -0.486 e. The number of rotatable bonds is 3. The number of amides is 2. The Morgan fingerprint density at radius 3 is 2.92 bits per heavy atom. The molecule has 2 aromatic carbocycles. The fourth-order valence-corrected chi connectivity index (χ4v) is 3.16. The van der Waals surface area contributed by atoms with E-state index in [-0.39, 0.29) is 12.1 Å². The van der Waals surface area contributed by atoms with E-state index in [4.69, 9.17) is 14.2 Å².